The van der Waals surface area contributed by atoms with E-state index in [1.807, 2.05) is 0 Å². The van der Waals surface area contributed by atoms with Crippen LogP contribution in [0.1, 0.15) is 12.0 Å². The molecule has 1 aliphatic rings. The molecule has 1 aliphatic heterocycles. The van der Waals surface area contributed by atoms with Crippen molar-refractivity contribution in [3.63, 3.8) is 0 Å². The highest BCUT2D eigenvalue weighted by Gasteiger charge is 2.22. The molecule has 2 rings (SSSR count). The minimum atomic E-state index is -2.88. The van der Waals surface area contributed by atoms with E-state index in [0.29, 0.717) is 25.9 Å². The molecule has 1 heterocycles. The Morgan fingerprint density at radius 3 is 3.00 bits per heavy atom. The average molecular weight is 287 g/mol. The van der Waals surface area contributed by atoms with Crippen molar-refractivity contribution in [1.82, 2.24) is 5.32 Å². The lowest BCUT2D eigenvalue weighted by Gasteiger charge is -2.11. The quantitative estimate of drug-likeness (QED) is 0.798. The molecule has 106 valence electrons. The lowest BCUT2D eigenvalue weighted by atomic mass is 10.1. The number of halogens is 1. The third-order valence-corrected chi connectivity index (χ3v) is 4.03. The summed E-state index contributed by atoms with van der Waals surface area (Å²) in [6.45, 7) is 1.28. The van der Waals surface area contributed by atoms with Crippen molar-refractivity contribution in [3.8, 4) is 5.75 Å². The predicted octanol–water partition coefficient (Wildman–Crippen LogP) is 1.15. The van der Waals surface area contributed by atoms with Crippen LogP contribution >= 0.6 is 0 Å². The number of hydrogen-bond acceptors (Lipinski definition) is 4. The Hall–Kier alpha value is -1.14. The summed E-state index contributed by atoms with van der Waals surface area (Å²) in [5.41, 5.74) is 0.892. The molecule has 1 aromatic carbocycles. The number of benzene rings is 1. The zero-order valence-electron chi connectivity index (χ0n) is 10.9. The first-order valence-electron chi connectivity index (χ1n) is 6.27. The van der Waals surface area contributed by atoms with Crippen molar-refractivity contribution in [2.75, 3.05) is 25.1 Å². The fourth-order valence-corrected chi connectivity index (χ4v) is 2.79. The summed E-state index contributed by atoms with van der Waals surface area (Å²) < 4.78 is 40.6. The normalized spacial score (nSPS) is 18.1. The summed E-state index contributed by atoms with van der Waals surface area (Å²) in [6, 6.07) is 4.54. The van der Waals surface area contributed by atoms with E-state index in [4.69, 9.17) is 4.74 Å². The maximum Gasteiger partial charge on any atom is 0.147 e. The highest BCUT2D eigenvalue weighted by atomic mass is 32.2. The summed E-state index contributed by atoms with van der Waals surface area (Å²) in [5, 5.41) is 3.17. The molecule has 1 atom stereocenters. The molecule has 0 amide bonds. The van der Waals surface area contributed by atoms with Gasteiger partial charge in [-0.25, -0.2) is 12.8 Å². The minimum Gasteiger partial charge on any atom is -0.488 e. The van der Waals surface area contributed by atoms with Gasteiger partial charge in [0.05, 0.1) is 5.75 Å². The van der Waals surface area contributed by atoms with Crippen molar-refractivity contribution in [1.29, 1.82) is 0 Å². The zero-order chi connectivity index (χ0) is 13.9. The Kier molecular flexibility index (Phi) is 4.42. The molecule has 1 unspecified atom stereocenters. The Labute approximate surface area is 112 Å². The summed E-state index contributed by atoms with van der Waals surface area (Å²) >= 11 is 0. The monoisotopic (exact) mass is 287 g/mol. The smallest absolute Gasteiger partial charge is 0.147 e. The van der Waals surface area contributed by atoms with Gasteiger partial charge in [0, 0.05) is 24.8 Å². The molecule has 1 aromatic rings. The lowest BCUT2D eigenvalue weighted by Crippen LogP contribution is -2.31. The molecule has 0 bridgehead atoms. The van der Waals surface area contributed by atoms with Gasteiger partial charge in [-0.1, -0.05) is 0 Å². The maximum absolute atomic E-state index is 13.0. The van der Waals surface area contributed by atoms with Crippen molar-refractivity contribution in [2.24, 2.45) is 0 Å². The zero-order valence-corrected chi connectivity index (χ0v) is 11.7. The fraction of sp³-hybridized carbons (Fsp3) is 0.538. The highest BCUT2D eigenvalue weighted by Crippen LogP contribution is 2.28. The largest absolute Gasteiger partial charge is 0.488 e. The molecule has 0 fully saturated rings. The molecular formula is C13H18FNO3S. The lowest BCUT2D eigenvalue weighted by molar-refractivity contribution is 0.228. The standard InChI is InChI=1S/C13H18FNO3S/c1-19(16,17)6-2-5-15-9-12-8-10-7-11(14)3-4-13(10)18-12/h3-4,7,12,15H,2,5-6,8-9H2,1H3. The van der Waals surface area contributed by atoms with E-state index in [1.54, 1.807) is 6.07 Å². The SMILES string of the molecule is CS(=O)(=O)CCCNCC1Cc2cc(F)ccc2O1. The van der Waals surface area contributed by atoms with Gasteiger partial charge in [0.15, 0.2) is 0 Å². The first-order valence-corrected chi connectivity index (χ1v) is 8.33. The van der Waals surface area contributed by atoms with Gasteiger partial charge in [0.1, 0.15) is 27.5 Å². The second-order valence-electron chi connectivity index (χ2n) is 4.88. The molecule has 4 nitrogen and oxygen atoms in total. The van der Waals surface area contributed by atoms with Crippen LogP contribution in [-0.2, 0) is 16.3 Å². The molecule has 19 heavy (non-hydrogen) atoms. The van der Waals surface area contributed by atoms with E-state index in [-0.39, 0.29) is 17.7 Å². The van der Waals surface area contributed by atoms with Gasteiger partial charge in [-0.2, -0.15) is 0 Å². The first kappa shape index (κ1) is 14.3. The Morgan fingerprint density at radius 2 is 2.26 bits per heavy atom. The van der Waals surface area contributed by atoms with E-state index in [1.165, 1.54) is 18.4 Å². The number of sulfone groups is 1. The minimum absolute atomic E-state index is 0.00460. The molecule has 1 N–H and O–H groups in total. The summed E-state index contributed by atoms with van der Waals surface area (Å²) in [5.74, 6) is 0.685. The van der Waals surface area contributed by atoms with E-state index in [0.717, 1.165) is 11.3 Å². The topological polar surface area (TPSA) is 55.4 Å². The molecule has 6 heteroatoms. The summed E-state index contributed by atoms with van der Waals surface area (Å²) in [7, 11) is -2.88. The third kappa shape index (κ3) is 4.47. The molecular weight excluding hydrogens is 269 g/mol. The van der Waals surface area contributed by atoms with Crippen molar-refractivity contribution in [2.45, 2.75) is 18.9 Å². The van der Waals surface area contributed by atoms with Crippen molar-refractivity contribution >= 4 is 9.84 Å². The predicted molar refractivity (Wildman–Crippen MR) is 71.7 cm³/mol. The van der Waals surface area contributed by atoms with Crippen LogP contribution in [0.25, 0.3) is 0 Å². The second-order valence-corrected chi connectivity index (χ2v) is 7.14. The van der Waals surface area contributed by atoms with Gasteiger partial charge in [-0.05, 0) is 31.2 Å². The molecule has 0 aromatic heterocycles. The van der Waals surface area contributed by atoms with Crippen LogP contribution in [0.5, 0.6) is 5.75 Å². The second kappa shape index (κ2) is 5.88. The summed E-state index contributed by atoms with van der Waals surface area (Å²) in [4.78, 5) is 0. The van der Waals surface area contributed by atoms with Gasteiger partial charge < -0.3 is 10.1 Å². The number of rotatable bonds is 6. The van der Waals surface area contributed by atoms with Gasteiger partial charge >= 0.3 is 0 Å². The van der Waals surface area contributed by atoms with Crippen LogP contribution in [-0.4, -0.2) is 39.6 Å². The molecule has 0 saturated carbocycles. The summed E-state index contributed by atoms with van der Waals surface area (Å²) in [6.07, 6.45) is 2.51. The third-order valence-electron chi connectivity index (χ3n) is 3.00. The van der Waals surface area contributed by atoms with Crippen LogP contribution < -0.4 is 10.1 Å². The first-order chi connectivity index (χ1) is 8.94. The van der Waals surface area contributed by atoms with Crippen LogP contribution in [0.3, 0.4) is 0 Å². The number of ether oxygens (including phenoxy) is 1. The molecule has 0 radical (unpaired) electrons. The van der Waals surface area contributed by atoms with E-state index in [2.05, 4.69) is 5.32 Å². The Bertz CT molecular complexity index is 545. The maximum atomic E-state index is 13.0. The highest BCUT2D eigenvalue weighted by molar-refractivity contribution is 7.90. The Balaban J connectivity index is 1.70. The van der Waals surface area contributed by atoms with Crippen LogP contribution in [0, 0.1) is 5.82 Å². The van der Waals surface area contributed by atoms with E-state index in [9.17, 15) is 12.8 Å². The molecule has 0 aliphatic carbocycles. The van der Waals surface area contributed by atoms with Crippen molar-refractivity contribution in [3.05, 3.63) is 29.6 Å². The van der Waals surface area contributed by atoms with Crippen molar-refractivity contribution < 1.29 is 17.5 Å². The fourth-order valence-electron chi connectivity index (χ4n) is 2.13. The van der Waals surface area contributed by atoms with Gasteiger partial charge in [-0.3, -0.25) is 0 Å². The number of nitrogens with one attached hydrogen (secondary N) is 1. The van der Waals surface area contributed by atoms with Gasteiger partial charge in [0.25, 0.3) is 0 Å². The number of fused-ring (bicyclic) bond motifs is 1. The van der Waals surface area contributed by atoms with E-state index >= 15 is 0 Å². The van der Waals surface area contributed by atoms with Gasteiger partial charge in [0.2, 0.25) is 0 Å². The van der Waals surface area contributed by atoms with E-state index < -0.39 is 9.84 Å². The van der Waals surface area contributed by atoms with Gasteiger partial charge in [-0.15, -0.1) is 0 Å². The molecule has 0 spiro atoms. The average Bonchev–Trinajstić information content (AvgIpc) is 2.68. The van der Waals surface area contributed by atoms with Crippen LogP contribution in [0.4, 0.5) is 4.39 Å². The van der Waals surface area contributed by atoms with Crippen LogP contribution in [0.2, 0.25) is 0 Å². The Morgan fingerprint density at radius 1 is 1.47 bits per heavy atom. The van der Waals surface area contributed by atoms with Crippen LogP contribution in [0.15, 0.2) is 18.2 Å². The molecule has 0 saturated heterocycles. The number of hydrogen-bond donors (Lipinski definition) is 1.